The molecular formula is C14H16BrN3O2S. The van der Waals surface area contributed by atoms with Crippen LogP contribution >= 0.6 is 15.9 Å². The van der Waals surface area contributed by atoms with Gasteiger partial charge >= 0.3 is 0 Å². The van der Waals surface area contributed by atoms with E-state index in [9.17, 15) is 8.42 Å². The first-order valence-corrected chi connectivity index (χ1v) is 8.50. The molecule has 7 heteroatoms. The molecule has 0 aliphatic rings. The highest BCUT2D eigenvalue weighted by Gasteiger charge is 2.16. The van der Waals surface area contributed by atoms with E-state index < -0.39 is 10.0 Å². The van der Waals surface area contributed by atoms with E-state index in [1.807, 2.05) is 12.1 Å². The van der Waals surface area contributed by atoms with Gasteiger partial charge in [-0.1, -0.05) is 0 Å². The van der Waals surface area contributed by atoms with Gasteiger partial charge in [-0.3, -0.25) is 4.98 Å². The molecule has 1 aromatic heterocycles. The smallest absolute Gasteiger partial charge is 0.242 e. The average Bonchev–Trinajstić information content (AvgIpc) is 2.47. The molecule has 0 radical (unpaired) electrons. The van der Waals surface area contributed by atoms with Gasteiger partial charge in [-0.15, -0.1) is 0 Å². The number of nitrogens with zero attached hydrogens (tertiary/aromatic N) is 2. The Hall–Kier alpha value is -1.44. The van der Waals surface area contributed by atoms with Gasteiger partial charge in [-0.25, -0.2) is 12.7 Å². The van der Waals surface area contributed by atoms with Crippen LogP contribution in [-0.2, 0) is 16.6 Å². The molecule has 2 rings (SSSR count). The number of halogens is 1. The van der Waals surface area contributed by atoms with Crippen LogP contribution in [0.3, 0.4) is 0 Å². The zero-order valence-electron chi connectivity index (χ0n) is 11.7. The first kappa shape index (κ1) is 15.9. The van der Waals surface area contributed by atoms with Crippen molar-refractivity contribution in [3.63, 3.8) is 0 Å². The largest absolute Gasteiger partial charge is 0.379 e. The number of hydrogen-bond acceptors (Lipinski definition) is 4. The van der Waals surface area contributed by atoms with Crippen molar-refractivity contribution in [3.8, 4) is 0 Å². The maximum atomic E-state index is 11.9. The Labute approximate surface area is 133 Å². The Bertz CT molecular complexity index is 698. The molecule has 1 aromatic carbocycles. The summed E-state index contributed by atoms with van der Waals surface area (Å²) in [6.07, 6.45) is 1.74. The normalized spacial score (nSPS) is 11.6. The molecule has 21 heavy (non-hydrogen) atoms. The predicted octanol–water partition coefficient (Wildman–Crippen LogP) is 2.71. The third-order valence-corrected chi connectivity index (χ3v) is 5.19. The van der Waals surface area contributed by atoms with Crippen molar-refractivity contribution in [2.75, 3.05) is 19.4 Å². The summed E-state index contributed by atoms with van der Waals surface area (Å²) < 4.78 is 26.0. The van der Waals surface area contributed by atoms with Crippen molar-refractivity contribution in [2.45, 2.75) is 11.4 Å². The van der Waals surface area contributed by atoms with Crippen LogP contribution in [0.25, 0.3) is 0 Å². The van der Waals surface area contributed by atoms with E-state index in [-0.39, 0.29) is 4.90 Å². The van der Waals surface area contributed by atoms with Crippen LogP contribution in [-0.4, -0.2) is 31.8 Å². The number of sulfonamides is 1. The second kappa shape index (κ2) is 6.55. The van der Waals surface area contributed by atoms with Gasteiger partial charge in [-0.05, 0) is 52.3 Å². The minimum atomic E-state index is -3.38. The molecule has 0 fully saturated rings. The molecule has 0 aliphatic carbocycles. The van der Waals surface area contributed by atoms with Crippen molar-refractivity contribution >= 4 is 31.6 Å². The van der Waals surface area contributed by atoms with E-state index >= 15 is 0 Å². The van der Waals surface area contributed by atoms with Gasteiger partial charge in [0.15, 0.2) is 0 Å². The molecule has 5 nitrogen and oxygen atoms in total. The fraction of sp³-hybridized carbons (Fsp3) is 0.214. The van der Waals surface area contributed by atoms with Gasteiger partial charge in [-0.2, -0.15) is 0 Å². The van der Waals surface area contributed by atoms with Crippen molar-refractivity contribution in [3.05, 3.63) is 52.8 Å². The zero-order chi connectivity index (χ0) is 15.5. The molecule has 0 spiro atoms. The van der Waals surface area contributed by atoms with E-state index in [0.717, 1.165) is 15.9 Å². The Morgan fingerprint density at radius 3 is 2.33 bits per heavy atom. The molecule has 0 saturated heterocycles. The Kier molecular flexibility index (Phi) is 4.97. The van der Waals surface area contributed by atoms with Crippen LogP contribution in [0.5, 0.6) is 0 Å². The molecule has 0 saturated carbocycles. The lowest BCUT2D eigenvalue weighted by Gasteiger charge is -2.12. The molecule has 1 N–H and O–H groups in total. The number of rotatable bonds is 5. The SMILES string of the molecule is CN(C)S(=O)(=O)c1ccc(NCc2ccc(Br)cn2)cc1. The molecule has 0 unspecified atom stereocenters. The molecular weight excluding hydrogens is 354 g/mol. The maximum Gasteiger partial charge on any atom is 0.242 e. The predicted molar refractivity (Wildman–Crippen MR) is 86.6 cm³/mol. The minimum Gasteiger partial charge on any atom is -0.379 e. The number of hydrogen-bond donors (Lipinski definition) is 1. The lowest BCUT2D eigenvalue weighted by atomic mass is 10.3. The molecule has 1 heterocycles. The first-order chi connectivity index (χ1) is 9.89. The van der Waals surface area contributed by atoms with Crippen molar-refractivity contribution in [1.82, 2.24) is 9.29 Å². The highest BCUT2D eigenvalue weighted by Crippen LogP contribution is 2.17. The number of nitrogens with one attached hydrogen (secondary N) is 1. The molecule has 112 valence electrons. The van der Waals surface area contributed by atoms with Crippen LogP contribution < -0.4 is 5.32 Å². The summed E-state index contributed by atoms with van der Waals surface area (Å²) in [5.74, 6) is 0. The molecule has 0 atom stereocenters. The van der Waals surface area contributed by atoms with Gasteiger partial charge < -0.3 is 5.32 Å². The highest BCUT2D eigenvalue weighted by atomic mass is 79.9. The van der Waals surface area contributed by atoms with Crippen molar-refractivity contribution < 1.29 is 8.42 Å². The van der Waals surface area contributed by atoms with Gasteiger partial charge in [0.1, 0.15) is 0 Å². The van der Waals surface area contributed by atoms with Gasteiger partial charge in [0.2, 0.25) is 10.0 Å². The zero-order valence-corrected chi connectivity index (χ0v) is 14.1. The summed E-state index contributed by atoms with van der Waals surface area (Å²) in [6, 6.07) is 10.5. The van der Waals surface area contributed by atoms with Crippen LogP contribution in [0.4, 0.5) is 5.69 Å². The van der Waals surface area contributed by atoms with Crippen LogP contribution in [0.2, 0.25) is 0 Å². The third-order valence-electron chi connectivity index (χ3n) is 2.90. The lowest BCUT2D eigenvalue weighted by Crippen LogP contribution is -2.22. The summed E-state index contributed by atoms with van der Waals surface area (Å²) in [7, 11) is -0.348. The number of anilines is 1. The van der Waals surface area contributed by atoms with E-state index in [2.05, 4.69) is 26.2 Å². The summed E-state index contributed by atoms with van der Waals surface area (Å²) in [4.78, 5) is 4.54. The van der Waals surface area contributed by atoms with E-state index in [0.29, 0.717) is 6.54 Å². The second-order valence-electron chi connectivity index (χ2n) is 4.63. The van der Waals surface area contributed by atoms with Crippen molar-refractivity contribution in [1.29, 1.82) is 0 Å². The quantitative estimate of drug-likeness (QED) is 0.879. The molecule has 0 aliphatic heterocycles. The van der Waals surface area contributed by atoms with E-state index in [1.165, 1.54) is 18.4 Å². The summed E-state index contributed by atoms with van der Waals surface area (Å²) in [5, 5.41) is 3.20. The Balaban J connectivity index is 2.05. The lowest BCUT2D eigenvalue weighted by molar-refractivity contribution is 0.521. The minimum absolute atomic E-state index is 0.278. The Morgan fingerprint density at radius 1 is 1.14 bits per heavy atom. The van der Waals surface area contributed by atoms with Gasteiger partial charge in [0, 0.05) is 30.5 Å². The van der Waals surface area contributed by atoms with Crippen LogP contribution in [0.1, 0.15) is 5.69 Å². The van der Waals surface area contributed by atoms with Crippen LogP contribution in [0.15, 0.2) is 52.0 Å². The average molecular weight is 370 g/mol. The second-order valence-corrected chi connectivity index (χ2v) is 7.70. The van der Waals surface area contributed by atoms with E-state index in [1.54, 1.807) is 30.5 Å². The first-order valence-electron chi connectivity index (χ1n) is 6.26. The van der Waals surface area contributed by atoms with Crippen LogP contribution in [0, 0.1) is 0 Å². The summed E-state index contributed by atoms with van der Waals surface area (Å²) >= 11 is 3.34. The third kappa shape index (κ3) is 4.03. The van der Waals surface area contributed by atoms with Gasteiger partial charge in [0.05, 0.1) is 17.1 Å². The van der Waals surface area contributed by atoms with Gasteiger partial charge in [0.25, 0.3) is 0 Å². The fourth-order valence-corrected chi connectivity index (χ4v) is 2.80. The number of pyridine rings is 1. The molecule has 0 bridgehead atoms. The highest BCUT2D eigenvalue weighted by molar-refractivity contribution is 9.10. The summed E-state index contributed by atoms with van der Waals surface area (Å²) in [5.41, 5.74) is 1.75. The van der Waals surface area contributed by atoms with Crippen molar-refractivity contribution in [2.24, 2.45) is 0 Å². The summed E-state index contributed by atoms with van der Waals surface area (Å²) in [6.45, 7) is 0.576. The molecule has 0 amide bonds. The number of aromatic nitrogens is 1. The topological polar surface area (TPSA) is 62.3 Å². The molecule has 2 aromatic rings. The van der Waals surface area contributed by atoms with E-state index in [4.69, 9.17) is 0 Å². The monoisotopic (exact) mass is 369 g/mol. The maximum absolute atomic E-state index is 11.9. The number of benzene rings is 1. The standard InChI is InChI=1S/C14H16BrN3O2S/c1-18(2)21(19,20)14-7-5-12(6-8-14)17-10-13-4-3-11(15)9-16-13/h3-9,17H,10H2,1-2H3. The fourth-order valence-electron chi connectivity index (χ4n) is 1.66. The Morgan fingerprint density at radius 2 is 1.81 bits per heavy atom.